The van der Waals surface area contributed by atoms with Crippen molar-refractivity contribution in [1.82, 2.24) is 4.90 Å². The zero-order valence-electron chi connectivity index (χ0n) is 8.49. The van der Waals surface area contributed by atoms with Crippen LogP contribution in [0.25, 0.3) is 0 Å². The first kappa shape index (κ1) is 10.9. The summed E-state index contributed by atoms with van der Waals surface area (Å²) < 4.78 is 0. The van der Waals surface area contributed by atoms with Gasteiger partial charge in [-0.2, -0.15) is 17.0 Å². The minimum Gasteiger partial charge on any atom is -0.300 e. The molecule has 1 aliphatic rings. The van der Waals surface area contributed by atoms with Gasteiger partial charge in [0, 0.05) is 31.1 Å². The molecule has 1 atom stereocenters. The van der Waals surface area contributed by atoms with Gasteiger partial charge in [0.25, 0.3) is 0 Å². The summed E-state index contributed by atoms with van der Waals surface area (Å²) in [7, 11) is 0. The summed E-state index contributed by atoms with van der Waals surface area (Å²) in [6.45, 7) is 7.55. The third kappa shape index (κ3) is 3.58. The molecule has 1 unspecified atom stereocenters. The predicted octanol–water partition coefficient (Wildman–Crippen LogP) is 1.83. The van der Waals surface area contributed by atoms with Gasteiger partial charge in [0.1, 0.15) is 0 Å². The van der Waals surface area contributed by atoms with Crippen molar-refractivity contribution in [3.8, 4) is 6.07 Å². The molecule has 1 fully saturated rings. The van der Waals surface area contributed by atoms with Crippen LogP contribution in [0.15, 0.2) is 0 Å². The van der Waals surface area contributed by atoms with Crippen molar-refractivity contribution in [2.45, 2.75) is 13.8 Å². The lowest BCUT2D eigenvalue weighted by Gasteiger charge is -2.28. The lowest BCUT2D eigenvalue weighted by Crippen LogP contribution is -2.37. The number of nitrogens with zero attached hydrogens (tertiary/aromatic N) is 2. The van der Waals surface area contributed by atoms with E-state index in [9.17, 15) is 0 Å². The van der Waals surface area contributed by atoms with Gasteiger partial charge in [0.05, 0.1) is 12.0 Å². The molecule has 1 aliphatic heterocycles. The first-order chi connectivity index (χ1) is 6.24. The molecule has 0 aromatic heterocycles. The Balaban J connectivity index is 2.32. The normalized spacial score (nSPS) is 21.4. The maximum Gasteiger partial charge on any atom is 0.0672 e. The van der Waals surface area contributed by atoms with Crippen LogP contribution in [0.5, 0.6) is 0 Å². The van der Waals surface area contributed by atoms with Crippen LogP contribution in [0.4, 0.5) is 0 Å². The summed E-state index contributed by atoms with van der Waals surface area (Å²) >= 11 is 2.02. The molecule has 0 bridgehead atoms. The Morgan fingerprint density at radius 3 is 2.46 bits per heavy atom. The molecule has 2 nitrogen and oxygen atoms in total. The third-order valence-corrected chi connectivity index (χ3v) is 3.47. The van der Waals surface area contributed by atoms with Crippen molar-refractivity contribution in [2.24, 2.45) is 11.8 Å². The minimum absolute atomic E-state index is 0.211. The molecule has 74 valence electrons. The monoisotopic (exact) mass is 198 g/mol. The summed E-state index contributed by atoms with van der Waals surface area (Å²) in [5.74, 6) is 3.16. The van der Waals surface area contributed by atoms with Crippen molar-refractivity contribution in [1.29, 1.82) is 5.26 Å². The van der Waals surface area contributed by atoms with E-state index in [-0.39, 0.29) is 5.92 Å². The fourth-order valence-electron chi connectivity index (χ4n) is 1.46. The molecule has 3 heteroatoms. The summed E-state index contributed by atoms with van der Waals surface area (Å²) in [6.07, 6.45) is 0. The molecular formula is C10H18N2S. The van der Waals surface area contributed by atoms with Gasteiger partial charge >= 0.3 is 0 Å². The van der Waals surface area contributed by atoms with Crippen molar-refractivity contribution in [3.05, 3.63) is 0 Å². The van der Waals surface area contributed by atoms with E-state index in [1.807, 2.05) is 11.8 Å². The highest BCUT2D eigenvalue weighted by atomic mass is 32.2. The van der Waals surface area contributed by atoms with Gasteiger partial charge in [0.15, 0.2) is 0 Å². The molecule has 0 radical (unpaired) electrons. The number of thioether (sulfide) groups is 1. The standard InChI is InChI=1S/C10H18N2S/c1-9(2)10(7-11)8-12-3-5-13-6-4-12/h9-10H,3-6,8H2,1-2H3. The van der Waals surface area contributed by atoms with E-state index in [1.165, 1.54) is 11.5 Å². The number of nitriles is 1. The van der Waals surface area contributed by atoms with Crippen molar-refractivity contribution >= 4 is 11.8 Å². The Morgan fingerprint density at radius 2 is 2.00 bits per heavy atom. The maximum atomic E-state index is 8.95. The molecule has 0 aromatic rings. The quantitative estimate of drug-likeness (QED) is 0.692. The average Bonchev–Trinajstić information content (AvgIpc) is 2.15. The summed E-state index contributed by atoms with van der Waals surface area (Å²) in [6, 6.07) is 2.40. The average molecular weight is 198 g/mol. The van der Waals surface area contributed by atoms with Crippen LogP contribution in [0.3, 0.4) is 0 Å². The lowest BCUT2D eigenvalue weighted by atomic mass is 9.97. The number of hydrogen-bond acceptors (Lipinski definition) is 3. The van der Waals surface area contributed by atoms with E-state index in [2.05, 4.69) is 24.8 Å². The first-order valence-corrected chi connectivity index (χ1v) is 6.09. The second-order valence-electron chi connectivity index (χ2n) is 3.89. The fraction of sp³-hybridized carbons (Fsp3) is 0.900. The van der Waals surface area contributed by atoms with Gasteiger partial charge in [-0.1, -0.05) is 13.8 Å². The molecular weight excluding hydrogens is 180 g/mol. The van der Waals surface area contributed by atoms with Crippen molar-refractivity contribution in [2.75, 3.05) is 31.1 Å². The largest absolute Gasteiger partial charge is 0.300 e. The first-order valence-electron chi connectivity index (χ1n) is 4.93. The van der Waals surface area contributed by atoms with E-state index in [0.717, 1.165) is 19.6 Å². The molecule has 1 saturated heterocycles. The van der Waals surface area contributed by atoms with Crippen LogP contribution < -0.4 is 0 Å². The fourth-order valence-corrected chi connectivity index (χ4v) is 2.44. The molecule has 1 rings (SSSR count). The number of hydrogen-bond donors (Lipinski definition) is 0. The lowest BCUT2D eigenvalue weighted by molar-refractivity contribution is 0.249. The van der Waals surface area contributed by atoms with Crippen molar-refractivity contribution < 1.29 is 0 Å². The van der Waals surface area contributed by atoms with Crippen LogP contribution in [0, 0.1) is 23.2 Å². The molecule has 0 aromatic carbocycles. The molecule has 13 heavy (non-hydrogen) atoms. The predicted molar refractivity (Wildman–Crippen MR) is 57.7 cm³/mol. The van der Waals surface area contributed by atoms with Crippen LogP contribution in [0.2, 0.25) is 0 Å². The summed E-state index contributed by atoms with van der Waals surface area (Å²) in [4.78, 5) is 2.42. The summed E-state index contributed by atoms with van der Waals surface area (Å²) in [5.41, 5.74) is 0. The molecule has 1 heterocycles. The van der Waals surface area contributed by atoms with E-state index in [0.29, 0.717) is 5.92 Å². The summed E-state index contributed by atoms with van der Waals surface area (Å²) in [5, 5.41) is 8.95. The van der Waals surface area contributed by atoms with Gasteiger partial charge in [-0.3, -0.25) is 0 Å². The smallest absolute Gasteiger partial charge is 0.0672 e. The third-order valence-electron chi connectivity index (χ3n) is 2.53. The highest BCUT2D eigenvalue weighted by Gasteiger charge is 2.18. The molecule has 0 aliphatic carbocycles. The molecule has 0 spiro atoms. The highest BCUT2D eigenvalue weighted by molar-refractivity contribution is 7.99. The van der Waals surface area contributed by atoms with Gasteiger partial charge < -0.3 is 4.90 Å². The van der Waals surface area contributed by atoms with Gasteiger partial charge in [-0.05, 0) is 5.92 Å². The van der Waals surface area contributed by atoms with E-state index in [1.54, 1.807) is 0 Å². The van der Waals surface area contributed by atoms with E-state index < -0.39 is 0 Å². The second kappa shape index (κ2) is 5.51. The van der Waals surface area contributed by atoms with Gasteiger partial charge in [-0.25, -0.2) is 0 Å². The van der Waals surface area contributed by atoms with E-state index in [4.69, 9.17) is 5.26 Å². The van der Waals surface area contributed by atoms with Gasteiger partial charge in [-0.15, -0.1) is 0 Å². The van der Waals surface area contributed by atoms with Crippen LogP contribution >= 0.6 is 11.8 Å². The Bertz CT molecular complexity index is 180. The zero-order valence-corrected chi connectivity index (χ0v) is 9.31. The molecule has 0 N–H and O–H groups in total. The topological polar surface area (TPSA) is 27.0 Å². The van der Waals surface area contributed by atoms with Gasteiger partial charge in [0.2, 0.25) is 0 Å². The van der Waals surface area contributed by atoms with Crippen molar-refractivity contribution in [3.63, 3.8) is 0 Å². The second-order valence-corrected chi connectivity index (χ2v) is 5.12. The Kier molecular flexibility index (Phi) is 4.61. The van der Waals surface area contributed by atoms with Crippen LogP contribution in [-0.4, -0.2) is 36.0 Å². The molecule has 0 saturated carbocycles. The SMILES string of the molecule is CC(C)C(C#N)CN1CCSCC1. The minimum atomic E-state index is 0.211. The van der Waals surface area contributed by atoms with Crippen LogP contribution in [-0.2, 0) is 0 Å². The Labute approximate surface area is 85.3 Å². The Morgan fingerprint density at radius 1 is 1.38 bits per heavy atom. The Hall–Kier alpha value is -0.200. The maximum absolute atomic E-state index is 8.95. The number of rotatable bonds is 3. The zero-order chi connectivity index (χ0) is 9.68. The molecule has 0 amide bonds. The van der Waals surface area contributed by atoms with Crippen LogP contribution in [0.1, 0.15) is 13.8 Å². The highest BCUT2D eigenvalue weighted by Crippen LogP contribution is 2.15. The van der Waals surface area contributed by atoms with E-state index >= 15 is 0 Å².